The summed E-state index contributed by atoms with van der Waals surface area (Å²) in [6, 6.07) is 10.2. The Balaban J connectivity index is 0.000000454. The van der Waals surface area contributed by atoms with Crippen molar-refractivity contribution in [2.45, 2.75) is 31.3 Å². The number of amides is 1. The number of anilines is 1. The van der Waals surface area contributed by atoms with E-state index in [1.165, 1.54) is 24.4 Å². The number of aliphatic carboxylic acids is 1. The van der Waals surface area contributed by atoms with Crippen LogP contribution in [0.25, 0.3) is 0 Å². The van der Waals surface area contributed by atoms with Crippen molar-refractivity contribution in [1.82, 2.24) is 10.6 Å². The number of fused-ring (bicyclic) bond motifs is 1. The summed E-state index contributed by atoms with van der Waals surface area (Å²) in [5, 5.41) is 22.9. The summed E-state index contributed by atoms with van der Waals surface area (Å²) in [6.45, 7) is 1.14. The van der Waals surface area contributed by atoms with E-state index in [0.29, 0.717) is 30.8 Å². The minimum atomic E-state index is -5.08. The molecule has 1 fully saturated rings. The fraction of sp³-hybridized carbons (Fsp3) is 0.304. The fourth-order valence-corrected chi connectivity index (χ4v) is 3.47. The third-order valence-electron chi connectivity index (χ3n) is 5.27. The van der Waals surface area contributed by atoms with Crippen LogP contribution in [0.15, 0.2) is 54.4 Å². The molecule has 2 aromatic carbocycles. The predicted molar refractivity (Wildman–Crippen MR) is 117 cm³/mol. The van der Waals surface area contributed by atoms with Crippen molar-refractivity contribution in [2.24, 2.45) is 0 Å². The van der Waals surface area contributed by atoms with Gasteiger partial charge < -0.3 is 30.5 Å². The number of carboxylic acid groups (broad SMARTS) is 1. The van der Waals surface area contributed by atoms with Crippen molar-refractivity contribution in [1.29, 1.82) is 0 Å². The molecule has 2 aliphatic heterocycles. The minimum Gasteiger partial charge on any atom is -0.475 e. The van der Waals surface area contributed by atoms with Crippen molar-refractivity contribution < 1.29 is 46.5 Å². The average molecular weight is 515 g/mol. The average Bonchev–Trinajstić information content (AvgIpc) is 2.82. The zero-order chi connectivity index (χ0) is 26.5. The second-order valence-electron chi connectivity index (χ2n) is 7.85. The highest BCUT2D eigenvalue weighted by molar-refractivity contribution is 5.93. The summed E-state index contributed by atoms with van der Waals surface area (Å²) in [4.78, 5) is 23.2. The third kappa shape index (κ3) is 6.70. The Bertz CT molecular complexity index is 1140. The number of piperidine rings is 1. The van der Waals surface area contributed by atoms with Gasteiger partial charge >= 0.3 is 12.1 Å². The molecule has 0 aliphatic carbocycles. The lowest BCUT2D eigenvalue weighted by Crippen LogP contribution is -2.53. The molecular weight excluding hydrogens is 493 g/mol. The zero-order valence-electron chi connectivity index (χ0n) is 18.6. The molecule has 0 aromatic heterocycles. The largest absolute Gasteiger partial charge is 0.490 e. The molecule has 4 rings (SSSR count). The Morgan fingerprint density at radius 2 is 1.78 bits per heavy atom. The van der Waals surface area contributed by atoms with E-state index in [2.05, 4.69) is 10.6 Å². The van der Waals surface area contributed by atoms with E-state index in [-0.39, 0.29) is 18.1 Å². The number of carbonyl (C=O) groups excluding carboxylic acids is 1. The van der Waals surface area contributed by atoms with Gasteiger partial charge in [0.05, 0.1) is 30.6 Å². The lowest BCUT2D eigenvalue weighted by atomic mass is 10.0. The van der Waals surface area contributed by atoms with Gasteiger partial charge in [0.15, 0.2) is 11.6 Å². The van der Waals surface area contributed by atoms with Crippen LogP contribution in [0.4, 0.5) is 27.6 Å². The summed E-state index contributed by atoms with van der Waals surface area (Å²) < 4.78 is 65.8. The number of hydrogen-bond donors (Lipinski definition) is 4. The maximum atomic E-state index is 14.4. The maximum absolute atomic E-state index is 14.4. The van der Waals surface area contributed by atoms with E-state index >= 15 is 0 Å². The number of aliphatic hydroxyl groups is 1. The number of alkyl halides is 3. The molecule has 8 nitrogen and oxygen atoms in total. The summed E-state index contributed by atoms with van der Waals surface area (Å²) >= 11 is 0. The molecule has 1 amide bonds. The second kappa shape index (κ2) is 11.4. The van der Waals surface area contributed by atoms with Gasteiger partial charge in [0.25, 0.3) is 5.91 Å². The number of rotatable bonds is 4. The predicted octanol–water partition coefficient (Wildman–Crippen LogP) is 2.68. The van der Waals surface area contributed by atoms with Crippen LogP contribution >= 0.6 is 0 Å². The Kier molecular flexibility index (Phi) is 8.48. The summed E-state index contributed by atoms with van der Waals surface area (Å²) in [5.74, 6) is -4.56. The van der Waals surface area contributed by atoms with Crippen molar-refractivity contribution in [3.63, 3.8) is 0 Å². The Hall–Kier alpha value is -3.71. The number of carboxylic acids is 1. The highest BCUT2D eigenvalue weighted by Crippen LogP contribution is 2.37. The molecule has 2 heterocycles. The molecule has 0 bridgehead atoms. The number of ether oxygens (including phenoxy) is 1. The number of β-amino-alcohol motifs (C(OH)–C–C–N with tert-alkyl or cyclic N) is 1. The van der Waals surface area contributed by atoms with Crippen LogP contribution in [0.1, 0.15) is 12.0 Å². The van der Waals surface area contributed by atoms with Crippen LogP contribution in [-0.4, -0.2) is 53.5 Å². The first-order valence-electron chi connectivity index (χ1n) is 10.7. The van der Waals surface area contributed by atoms with Crippen molar-refractivity contribution in [3.05, 3.63) is 71.6 Å². The number of nitrogens with one attached hydrogen (secondary N) is 2. The molecular formula is C23H22F5N3O5. The van der Waals surface area contributed by atoms with E-state index in [9.17, 15) is 31.9 Å². The first-order chi connectivity index (χ1) is 17.0. The van der Waals surface area contributed by atoms with Crippen molar-refractivity contribution in [2.75, 3.05) is 18.0 Å². The van der Waals surface area contributed by atoms with Crippen LogP contribution in [0.2, 0.25) is 0 Å². The smallest absolute Gasteiger partial charge is 0.475 e. The molecule has 0 saturated carbocycles. The lowest BCUT2D eigenvalue weighted by Gasteiger charge is -2.31. The normalized spacial score (nSPS) is 19.2. The van der Waals surface area contributed by atoms with Crippen LogP contribution in [-0.2, 0) is 16.1 Å². The first kappa shape index (κ1) is 26.9. The number of halogens is 5. The summed E-state index contributed by atoms with van der Waals surface area (Å²) in [7, 11) is 0. The molecule has 1 saturated heterocycles. The quantitative estimate of drug-likeness (QED) is 0.464. The minimum absolute atomic E-state index is 0.0950. The number of para-hydroxylation sites is 1. The molecule has 4 N–H and O–H groups in total. The van der Waals surface area contributed by atoms with Crippen molar-refractivity contribution >= 4 is 17.6 Å². The highest BCUT2D eigenvalue weighted by Gasteiger charge is 2.38. The van der Waals surface area contributed by atoms with Crippen LogP contribution in [0.3, 0.4) is 0 Å². The lowest BCUT2D eigenvalue weighted by molar-refractivity contribution is -0.192. The number of hydrogen-bond acceptors (Lipinski definition) is 6. The number of aliphatic hydroxyl groups excluding tert-OH is 1. The Labute approximate surface area is 202 Å². The van der Waals surface area contributed by atoms with Gasteiger partial charge in [0.1, 0.15) is 5.82 Å². The topological polar surface area (TPSA) is 111 Å². The standard InChI is InChI=1S/C21H21F2N3O3.C2HF3O2/c22-14-5-2-1-4-13(14)11-26-12-19(29-20-15(23)6-3-7-17(20)26)21(28)25-16-8-9-24-10-18(16)27;3-2(4,5)1(6)7/h1-7,12,16,18,24,27H,8-11H2,(H,25,28);(H,6,7). The number of benzene rings is 2. The van der Waals surface area contributed by atoms with Gasteiger partial charge in [-0.2, -0.15) is 13.2 Å². The molecule has 0 radical (unpaired) electrons. The van der Waals surface area contributed by atoms with Crippen LogP contribution in [0.5, 0.6) is 5.75 Å². The summed E-state index contributed by atoms with van der Waals surface area (Å²) in [5.41, 5.74) is 0.793. The molecule has 194 valence electrons. The van der Waals surface area contributed by atoms with E-state index in [0.717, 1.165) is 0 Å². The Morgan fingerprint density at radius 1 is 1.11 bits per heavy atom. The van der Waals surface area contributed by atoms with Crippen LogP contribution < -0.4 is 20.3 Å². The van der Waals surface area contributed by atoms with Gasteiger partial charge in [-0.05, 0) is 31.2 Å². The van der Waals surface area contributed by atoms with Gasteiger partial charge in [0, 0.05) is 12.1 Å². The van der Waals surface area contributed by atoms with Crippen molar-refractivity contribution in [3.8, 4) is 5.75 Å². The highest BCUT2D eigenvalue weighted by atomic mass is 19.4. The molecule has 2 aromatic rings. The number of carbonyl (C=O) groups is 2. The maximum Gasteiger partial charge on any atom is 0.490 e. The first-order valence-corrected chi connectivity index (χ1v) is 10.7. The van der Waals surface area contributed by atoms with E-state index < -0.39 is 41.8 Å². The van der Waals surface area contributed by atoms with Gasteiger partial charge in [-0.25, -0.2) is 13.6 Å². The molecule has 2 atom stereocenters. The van der Waals surface area contributed by atoms with Gasteiger partial charge in [-0.3, -0.25) is 4.79 Å². The second-order valence-corrected chi connectivity index (χ2v) is 7.85. The molecule has 36 heavy (non-hydrogen) atoms. The third-order valence-corrected chi connectivity index (χ3v) is 5.27. The van der Waals surface area contributed by atoms with Gasteiger partial charge in [-0.15, -0.1) is 0 Å². The van der Waals surface area contributed by atoms with Crippen LogP contribution in [0, 0.1) is 11.6 Å². The fourth-order valence-electron chi connectivity index (χ4n) is 3.47. The number of nitrogens with zero attached hydrogens (tertiary/aromatic N) is 1. The molecule has 2 unspecified atom stereocenters. The monoisotopic (exact) mass is 515 g/mol. The summed E-state index contributed by atoms with van der Waals surface area (Å²) in [6.07, 6.45) is -3.82. The molecule has 0 spiro atoms. The Morgan fingerprint density at radius 3 is 2.42 bits per heavy atom. The van der Waals surface area contributed by atoms with E-state index in [4.69, 9.17) is 14.6 Å². The molecule has 2 aliphatic rings. The van der Waals surface area contributed by atoms with Gasteiger partial charge in [-0.1, -0.05) is 24.3 Å². The van der Waals surface area contributed by atoms with Gasteiger partial charge in [0.2, 0.25) is 5.76 Å². The zero-order valence-corrected chi connectivity index (χ0v) is 18.6. The van der Waals surface area contributed by atoms with E-state index in [1.54, 1.807) is 29.2 Å². The van der Waals surface area contributed by atoms with E-state index in [1.807, 2.05) is 0 Å². The molecule has 13 heteroatoms. The SMILES string of the molecule is O=C(NC1CCNCC1O)C1=CN(Cc2ccccc2F)c2cccc(F)c2O1.O=C(O)C(F)(F)F.